The highest BCUT2D eigenvalue weighted by molar-refractivity contribution is 7.91. The highest BCUT2D eigenvalue weighted by atomic mass is 32.2. The average molecular weight is 729 g/mol. The van der Waals surface area contributed by atoms with Crippen LogP contribution in [0.4, 0.5) is 4.79 Å². The number of carboxylic acid groups (broad SMARTS) is 1. The van der Waals surface area contributed by atoms with E-state index < -0.39 is 74.1 Å². The third-order valence-electron chi connectivity index (χ3n) is 10.4. The molecule has 2 aliphatic carbocycles. The number of sulfonamides is 1. The maximum absolute atomic E-state index is 14.3. The molecule has 0 unspecified atom stereocenters. The Labute approximate surface area is 295 Å². The van der Waals surface area contributed by atoms with E-state index in [0.29, 0.717) is 42.1 Å². The van der Waals surface area contributed by atoms with Crippen LogP contribution < -0.4 is 20.1 Å². The van der Waals surface area contributed by atoms with Crippen LogP contribution in [0.2, 0.25) is 0 Å². The van der Waals surface area contributed by atoms with Crippen molar-refractivity contribution >= 4 is 45.2 Å². The fourth-order valence-electron chi connectivity index (χ4n) is 7.00. The van der Waals surface area contributed by atoms with Gasteiger partial charge in [0.05, 0.1) is 11.3 Å². The van der Waals surface area contributed by atoms with Gasteiger partial charge in [-0.05, 0) is 70.3 Å². The summed E-state index contributed by atoms with van der Waals surface area (Å²) in [5, 5.41) is 17.6. The summed E-state index contributed by atoms with van der Waals surface area (Å²) in [6.07, 6.45) is 6.41. The van der Waals surface area contributed by atoms with E-state index in [2.05, 4.69) is 25.3 Å². The highest BCUT2D eigenvalue weighted by Crippen LogP contribution is 2.47. The van der Waals surface area contributed by atoms with Gasteiger partial charge in [0.2, 0.25) is 21.8 Å². The van der Waals surface area contributed by atoms with Crippen LogP contribution in [0.15, 0.2) is 35.9 Å². The van der Waals surface area contributed by atoms with Gasteiger partial charge in [-0.15, -0.1) is 11.3 Å². The van der Waals surface area contributed by atoms with Crippen molar-refractivity contribution in [3.8, 4) is 16.5 Å². The minimum Gasteiger partial charge on any atom is -0.488 e. The fraction of sp³-hybridized carbons (Fsp3) is 0.588. The Bertz CT molecular complexity index is 1810. The summed E-state index contributed by atoms with van der Waals surface area (Å²) >= 11 is 1.44. The second-order valence-electron chi connectivity index (χ2n) is 14.6. The van der Waals surface area contributed by atoms with E-state index in [4.69, 9.17) is 4.74 Å². The number of amides is 4. The SMILES string of the molecule is Cc1csc(-c2cc(O[C@@H]3C[C@H]4C(=O)N[C@]5(C(=O)NS(=O)(=O)C6(C)CC6)C[C@H]5C=CCC[C@@H](C)C[C@@H](C)[C@H](NC(=O)O)C(=O)N4C3)ccn2)n1. The van der Waals surface area contributed by atoms with E-state index in [1.807, 2.05) is 38.3 Å². The van der Waals surface area contributed by atoms with Crippen LogP contribution in [0.3, 0.4) is 0 Å². The standard InChI is InChI=1S/C34H44N6O8S2/c1-19-7-5-6-8-22-16-34(22,31(43)39-50(46,47)33(4)10-11-33)38-28(41)26-15-24(17-40(26)30(42)27(20(2)13-19)37-32(44)45)48-23-9-12-35-25(14-23)29-36-21(3)18-49-29/h6,8-9,12,14,18-20,22,24,26-27,37H,5,7,10-11,13,15-17H2,1-4H3,(H,38,41)(H,39,43)(H,44,45)/t19-,20-,22-,24-,26+,27+,34-/m1/s1. The number of nitrogens with one attached hydrogen (secondary N) is 3. The minimum atomic E-state index is -3.99. The first-order chi connectivity index (χ1) is 23.6. The highest BCUT2D eigenvalue weighted by Gasteiger charge is 2.63. The predicted molar refractivity (Wildman–Crippen MR) is 185 cm³/mol. The fourth-order valence-corrected chi connectivity index (χ4v) is 9.07. The Morgan fingerprint density at radius 2 is 1.96 bits per heavy atom. The summed E-state index contributed by atoms with van der Waals surface area (Å²) in [5.74, 6) is -2.29. The summed E-state index contributed by atoms with van der Waals surface area (Å²) in [6, 6.07) is 1.13. The Morgan fingerprint density at radius 3 is 2.64 bits per heavy atom. The lowest BCUT2D eigenvalue weighted by Crippen LogP contribution is -2.59. The molecule has 4 aliphatic rings. The number of allylic oxidation sites excluding steroid dienone is 1. The molecule has 2 saturated carbocycles. The van der Waals surface area contributed by atoms with E-state index in [-0.39, 0.29) is 25.3 Å². The van der Waals surface area contributed by atoms with Crippen LogP contribution in [0.1, 0.15) is 71.4 Å². The molecule has 4 heterocycles. The van der Waals surface area contributed by atoms with Gasteiger partial charge in [0.25, 0.3) is 5.91 Å². The normalized spacial score (nSPS) is 30.9. The molecule has 4 N–H and O–H groups in total. The molecule has 6 rings (SSSR count). The van der Waals surface area contributed by atoms with Crippen molar-refractivity contribution in [2.24, 2.45) is 17.8 Å². The average Bonchev–Trinajstić information content (AvgIpc) is 3.85. The molecule has 0 aromatic carbocycles. The van der Waals surface area contributed by atoms with Crippen LogP contribution >= 0.6 is 11.3 Å². The quantitative estimate of drug-likeness (QED) is 0.307. The maximum atomic E-state index is 14.3. The van der Waals surface area contributed by atoms with Gasteiger partial charge < -0.3 is 25.4 Å². The van der Waals surface area contributed by atoms with Crippen LogP contribution in [-0.2, 0) is 24.4 Å². The zero-order valence-corrected chi connectivity index (χ0v) is 30.2. The summed E-state index contributed by atoms with van der Waals surface area (Å²) in [4.78, 5) is 64.4. The van der Waals surface area contributed by atoms with Gasteiger partial charge in [0.1, 0.15) is 40.2 Å². The lowest BCUT2D eigenvalue weighted by molar-refractivity contribution is -0.142. The Morgan fingerprint density at radius 1 is 1.20 bits per heavy atom. The Hall–Kier alpha value is -4.05. The van der Waals surface area contributed by atoms with Gasteiger partial charge in [0.15, 0.2) is 0 Å². The molecule has 16 heteroatoms. The van der Waals surface area contributed by atoms with Gasteiger partial charge in [-0.2, -0.15) is 0 Å². The number of hydrogen-bond acceptors (Lipinski definition) is 10. The van der Waals surface area contributed by atoms with Crippen LogP contribution in [0.25, 0.3) is 10.7 Å². The molecule has 14 nitrogen and oxygen atoms in total. The van der Waals surface area contributed by atoms with Crippen molar-refractivity contribution < 1.29 is 37.4 Å². The number of ether oxygens (including phenoxy) is 1. The summed E-state index contributed by atoms with van der Waals surface area (Å²) in [5.41, 5.74) is -0.0644. The number of aromatic nitrogens is 2. The molecule has 3 fully saturated rings. The zero-order valence-electron chi connectivity index (χ0n) is 28.5. The monoisotopic (exact) mass is 728 g/mol. The molecule has 270 valence electrons. The molecule has 50 heavy (non-hydrogen) atoms. The first kappa shape index (κ1) is 35.8. The van der Waals surface area contributed by atoms with Crippen molar-refractivity contribution in [3.63, 3.8) is 0 Å². The third-order valence-corrected chi connectivity index (χ3v) is 13.5. The molecule has 2 aromatic rings. The van der Waals surface area contributed by atoms with Crippen LogP contribution in [0.5, 0.6) is 5.75 Å². The number of aryl methyl sites for hydroxylation is 1. The number of hydrogen-bond donors (Lipinski definition) is 4. The molecule has 0 radical (unpaired) electrons. The van der Waals surface area contributed by atoms with Gasteiger partial charge in [-0.3, -0.25) is 24.1 Å². The number of pyridine rings is 1. The summed E-state index contributed by atoms with van der Waals surface area (Å²) < 4.78 is 33.7. The van der Waals surface area contributed by atoms with Crippen molar-refractivity contribution in [1.29, 1.82) is 0 Å². The molecular formula is C34H44N6O8S2. The van der Waals surface area contributed by atoms with Crippen molar-refractivity contribution in [3.05, 3.63) is 41.6 Å². The first-order valence-corrected chi connectivity index (χ1v) is 19.4. The first-order valence-electron chi connectivity index (χ1n) is 17.0. The molecule has 7 atom stereocenters. The molecular weight excluding hydrogens is 685 g/mol. The molecule has 0 spiro atoms. The maximum Gasteiger partial charge on any atom is 0.405 e. The van der Waals surface area contributed by atoms with Crippen LogP contribution in [-0.4, -0.2) is 87.2 Å². The number of fused-ring (bicyclic) bond motifs is 2. The molecule has 1 saturated heterocycles. The summed E-state index contributed by atoms with van der Waals surface area (Å²) in [6.45, 7) is 7.29. The van der Waals surface area contributed by atoms with Gasteiger partial charge >= 0.3 is 6.09 Å². The number of nitrogens with zero attached hydrogens (tertiary/aromatic N) is 3. The van der Waals surface area contributed by atoms with Crippen molar-refractivity contribution in [1.82, 2.24) is 30.2 Å². The lowest BCUT2D eigenvalue weighted by Gasteiger charge is -2.32. The molecule has 2 aliphatic heterocycles. The molecule has 0 bridgehead atoms. The van der Waals surface area contributed by atoms with E-state index in [0.717, 1.165) is 12.1 Å². The van der Waals surface area contributed by atoms with E-state index >= 15 is 0 Å². The minimum absolute atomic E-state index is 0.0275. The van der Waals surface area contributed by atoms with Gasteiger partial charge in [-0.1, -0.05) is 26.0 Å². The summed E-state index contributed by atoms with van der Waals surface area (Å²) in [7, 11) is -3.99. The second kappa shape index (κ2) is 13.6. The van der Waals surface area contributed by atoms with E-state index in [1.165, 1.54) is 16.2 Å². The smallest absolute Gasteiger partial charge is 0.405 e. The Balaban J connectivity index is 1.31. The topological polar surface area (TPSA) is 197 Å². The second-order valence-corrected chi connectivity index (χ2v) is 17.6. The van der Waals surface area contributed by atoms with Crippen molar-refractivity contribution in [2.45, 2.75) is 101 Å². The van der Waals surface area contributed by atoms with Gasteiger partial charge in [0, 0.05) is 35.7 Å². The predicted octanol–water partition coefficient (Wildman–Crippen LogP) is 3.38. The van der Waals surface area contributed by atoms with Crippen LogP contribution in [0, 0.1) is 24.7 Å². The van der Waals surface area contributed by atoms with Crippen molar-refractivity contribution in [2.75, 3.05) is 6.54 Å². The lowest BCUT2D eigenvalue weighted by atomic mass is 9.88. The number of thiazole rings is 1. The largest absolute Gasteiger partial charge is 0.488 e. The zero-order chi connectivity index (χ0) is 36.0. The van der Waals surface area contributed by atoms with Gasteiger partial charge in [-0.25, -0.2) is 18.2 Å². The van der Waals surface area contributed by atoms with E-state index in [9.17, 15) is 32.7 Å². The Kier molecular flexibility index (Phi) is 9.72. The third kappa shape index (κ3) is 7.36. The number of rotatable bonds is 7. The molecule has 2 aromatic heterocycles. The van der Waals surface area contributed by atoms with E-state index in [1.54, 1.807) is 25.3 Å². The molecule has 4 amide bonds. The number of carbonyl (C=O) groups is 4. The number of carbonyl (C=O) groups excluding carboxylic acids is 3.